The van der Waals surface area contributed by atoms with Crippen LogP contribution in [0.1, 0.15) is 23.6 Å². The minimum Gasteiger partial charge on any atom is -0.271 e. The molecule has 0 saturated carbocycles. The summed E-state index contributed by atoms with van der Waals surface area (Å²) in [5.74, 6) is 0. The topological polar surface area (TPSA) is 91.5 Å². The molecule has 1 unspecified atom stereocenters. The van der Waals surface area contributed by atoms with Crippen LogP contribution in [0.25, 0.3) is 5.69 Å². The minimum atomic E-state index is -4.74. The lowest BCUT2D eigenvalue weighted by atomic mass is 9.77. The molecule has 0 aliphatic rings. The molecule has 0 amide bonds. The standard InChI is InChI=1S/C19H10Cl3F3N4O2/c1-18(8-26,9-2-3-12(20)11(4-9)19(23,24)25)16-13(21)5-10(6-14(16)22)29-17(31)28-15(30)7-27-29/h2-7H,1H3,(H,28,30,31). The number of rotatable bonds is 3. The molecular formula is C19H10Cl3F3N4O2. The lowest BCUT2D eigenvalue weighted by molar-refractivity contribution is -0.137. The molecule has 2 aromatic carbocycles. The normalized spacial score (nSPS) is 13.5. The van der Waals surface area contributed by atoms with Crippen LogP contribution in [0.15, 0.2) is 46.1 Å². The first kappa shape index (κ1) is 22.9. The van der Waals surface area contributed by atoms with Crippen LogP contribution >= 0.6 is 34.8 Å². The molecule has 0 aliphatic heterocycles. The summed E-state index contributed by atoms with van der Waals surface area (Å²) in [6.07, 6.45) is -3.87. The number of nitrogens with zero attached hydrogens (tertiary/aromatic N) is 3. The van der Waals surface area contributed by atoms with Crippen molar-refractivity contribution >= 4 is 34.8 Å². The van der Waals surface area contributed by atoms with Gasteiger partial charge >= 0.3 is 11.9 Å². The highest BCUT2D eigenvalue weighted by Gasteiger charge is 2.38. The van der Waals surface area contributed by atoms with Crippen molar-refractivity contribution in [2.45, 2.75) is 18.5 Å². The highest BCUT2D eigenvalue weighted by Crippen LogP contribution is 2.44. The molecule has 0 fully saturated rings. The number of nitriles is 1. The second-order valence-electron chi connectivity index (χ2n) is 6.56. The highest BCUT2D eigenvalue weighted by atomic mass is 35.5. The van der Waals surface area contributed by atoms with Gasteiger partial charge in [-0.2, -0.15) is 28.2 Å². The summed E-state index contributed by atoms with van der Waals surface area (Å²) >= 11 is 18.4. The molecule has 0 spiro atoms. The predicted molar refractivity (Wildman–Crippen MR) is 109 cm³/mol. The Kier molecular flexibility index (Phi) is 5.93. The maximum Gasteiger partial charge on any atom is 0.417 e. The number of hydrogen-bond donors (Lipinski definition) is 1. The van der Waals surface area contributed by atoms with E-state index in [9.17, 15) is 28.0 Å². The van der Waals surface area contributed by atoms with Crippen molar-refractivity contribution in [3.63, 3.8) is 0 Å². The Bertz CT molecular complexity index is 1320. The second-order valence-corrected chi connectivity index (χ2v) is 7.79. The molecule has 0 bridgehead atoms. The molecule has 160 valence electrons. The van der Waals surface area contributed by atoms with Gasteiger partial charge in [0.05, 0.1) is 22.3 Å². The average molecular weight is 490 g/mol. The predicted octanol–water partition coefficient (Wildman–Crippen LogP) is 4.73. The van der Waals surface area contributed by atoms with Crippen LogP contribution in [0.4, 0.5) is 13.2 Å². The van der Waals surface area contributed by atoms with Gasteiger partial charge in [0, 0.05) is 15.6 Å². The molecule has 1 heterocycles. The fourth-order valence-electron chi connectivity index (χ4n) is 3.02. The van der Waals surface area contributed by atoms with Gasteiger partial charge in [0.25, 0.3) is 5.56 Å². The summed E-state index contributed by atoms with van der Waals surface area (Å²) in [6, 6.07) is 7.54. The molecule has 1 atom stereocenters. The van der Waals surface area contributed by atoms with Crippen LogP contribution in [0.5, 0.6) is 0 Å². The average Bonchev–Trinajstić information content (AvgIpc) is 2.66. The van der Waals surface area contributed by atoms with Gasteiger partial charge in [-0.25, -0.2) is 4.79 Å². The summed E-state index contributed by atoms with van der Waals surface area (Å²) in [7, 11) is 0. The van der Waals surface area contributed by atoms with Gasteiger partial charge in [0.1, 0.15) is 11.6 Å². The number of nitrogens with one attached hydrogen (secondary N) is 1. The van der Waals surface area contributed by atoms with Crippen molar-refractivity contribution in [3.8, 4) is 11.8 Å². The molecule has 3 rings (SSSR count). The summed E-state index contributed by atoms with van der Waals surface area (Å²) in [5, 5.41) is 12.8. The van der Waals surface area contributed by atoms with E-state index >= 15 is 0 Å². The lowest BCUT2D eigenvalue weighted by Gasteiger charge is -2.26. The van der Waals surface area contributed by atoms with Crippen molar-refractivity contribution in [2.75, 3.05) is 0 Å². The number of halogens is 6. The van der Waals surface area contributed by atoms with Crippen molar-refractivity contribution in [1.29, 1.82) is 5.26 Å². The highest BCUT2D eigenvalue weighted by molar-refractivity contribution is 6.36. The molecule has 12 heteroatoms. The molecule has 3 aromatic rings. The van der Waals surface area contributed by atoms with Gasteiger partial charge in [0.15, 0.2) is 0 Å². The summed E-state index contributed by atoms with van der Waals surface area (Å²) in [5.41, 5.74) is -4.31. The Morgan fingerprint density at radius 3 is 2.19 bits per heavy atom. The third-order valence-electron chi connectivity index (χ3n) is 4.56. The van der Waals surface area contributed by atoms with E-state index in [-0.39, 0.29) is 26.9 Å². The number of alkyl halides is 3. The number of hydrogen-bond acceptors (Lipinski definition) is 4. The van der Waals surface area contributed by atoms with Gasteiger partial charge in [-0.1, -0.05) is 40.9 Å². The molecule has 1 N–H and O–H groups in total. The minimum absolute atomic E-state index is 0.0232. The Labute approximate surface area is 187 Å². The first-order valence-electron chi connectivity index (χ1n) is 8.35. The van der Waals surface area contributed by atoms with E-state index in [1.54, 1.807) is 0 Å². The molecule has 31 heavy (non-hydrogen) atoms. The third-order valence-corrected chi connectivity index (χ3v) is 5.48. The van der Waals surface area contributed by atoms with Gasteiger partial charge in [-0.15, -0.1) is 0 Å². The molecule has 0 radical (unpaired) electrons. The van der Waals surface area contributed by atoms with Gasteiger partial charge < -0.3 is 0 Å². The van der Waals surface area contributed by atoms with E-state index in [0.717, 1.165) is 23.0 Å². The van der Waals surface area contributed by atoms with Crippen molar-refractivity contribution in [2.24, 2.45) is 0 Å². The number of H-pyrrole nitrogens is 1. The Morgan fingerprint density at radius 1 is 1.06 bits per heavy atom. The van der Waals surface area contributed by atoms with Gasteiger partial charge in [-0.05, 0) is 36.8 Å². The first-order valence-corrected chi connectivity index (χ1v) is 9.49. The molecular weight excluding hydrogens is 480 g/mol. The van der Waals surface area contributed by atoms with Crippen molar-refractivity contribution in [1.82, 2.24) is 14.8 Å². The van der Waals surface area contributed by atoms with E-state index in [1.165, 1.54) is 25.1 Å². The zero-order chi connectivity index (χ0) is 23.1. The first-order chi connectivity index (χ1) is 14.4. The summed E-state index contributed by atoms with van der Waals surface area (Å²) in [4.78, 5) is 25.2. The fourth-order valence-corrected chi connectivity index (χ4v) is 4.09. The molecule has 0 aliphatic carbocycles. The van der Waals surface area contributed by atoms with Crippen LogP contribution in [-0.4, -0.2) is 14.8 Å². The van der Waals surface area contributed by atoms with E-state index in [0.29, 0.717) is 0 Å². The van der Waals surface area contributed by atoms with Crippen molar-refractivity contribution < 1.29 is 13.2 Å². The number of aromatic nitrogens is 3. The number of benzene rings is 2. The van der Waals surface area contributed by atoms with Crippen LogP contribution in [0.3, 0.4) is 0 Å². The summed E-state index contributed by atoms with van der Waals surface area (Å²) < 4.78 is 40.7. The van der Waals surface area contributed by atoms with Crippen LogP contribution in [0, 0.1) is 11.3 Å². The zero-order valence-electron chi connectivity index (χ0n) is 15.4. The second kappa shape index (κ2) is 8.04. The summed E-state index contributed by atoms with van der Waals surface area (Å²) in [6.45, 7) is 1.35. The lowest BCUT2D eigenvalue weighted by Crippen LogP contribution is -2.30. The van der Waals surface area contributed by atoms with Crippen LogP contribution < -0.4 is 11.2 Å². The Balaban J connectivity index is 2.22. The maximum atomic E-state index is 13.3. The molecule has 6 nitrogen and oxygen atoms in total. The zero-order valence-corrected chi connectivity index (χ0v) is 17.7. The van der Waals surface area contributed by atoms with E-state index in [4.69, 9.17) is 34.8 Å². The number of aromatic amines is 1. The van der Waals surface area contributed by atoms with E-state index < -0.39 is 33.4 Å². The van der Waals surface area contributed by atoms with E-state index in [2.05, 4.69) is 5.10 Å². The smallest absolute Gasteiger partial charge is 0.271 e. The van der Waals surface area contributed by atoms with Gasteiger partial charge in [0.2, 0.25) is 0 Å². The SMILES string of the molecule is CC(C#N)(c1ccc(Cl)c(C(F)(F)F)c1)c1c(Cl)cc(-n2ncc(=O)[nH]c2=O)cc1Cl. The Morgan fingerprint density at radius 2 is 1.68 bits per heavy atom. The fraction of sp³-hybridized carbons (Fsp3) is 0.158. The van der Waals surface area contributed by atoms with Crippen LogP contribution in [0.2, 0.25) is 15.1 Å². The largest absolute Gasteiger partial charge is 0.417 e. The maximum absolute atomic E-state index is 13.3. The van der Waals surface area contributed by atoms with Gasteiger partial charge in [-0.3, -0.25) is 9.78 Å². The van der Waals surface area contributed by atoms with Crippen molar-refractivity contribution in [3.05, 3.63) is 89.1 Å². The van der Waals surface area contributed by atoms with E-state index in [1.807, 2.05) is 11.1 Å². The Hall–Kier alpha value is -2.80. The monoisotopic (exact) mass is 488 g/mol. The molecule has 0 saturated heterocycles. The van der Waals surface area contributed by atoms with Crippen LogP contribution in [-0.2, 0) is 11.6 Å². The molecule has 1 aromatic heterocycles. The quantitative estimate of drug-likeness (QED) is 0.576. The third kappa shape index (κ3) is 4.19.